The van der Waals surface area contributed by atoms with Crippen molar-refractivity contribution in [2.75, 3.05) is 13.1 Å². The maximum Gasteiger partial charge on any atom is 0.322 e. The zero-order valence-electron chi connectivity index (χ0n) is 17.1. The third-order valence-corrected chi connectivity index (χ3v) is 4.86. The summed E-state index contributed by atoms with van der Waals surface area (Å²) in [4.78, 5) is 48.3. The summed E-state index contributed by atoms with van der Waals surface area (Å²) in [6, 6.07) is 3.19. The number of carbonyl (C=O) groups is 4. The second kappa shape index (κ2) is 11.3. The van der Waals surface area contributed by atoms with Crippen LogP contribution in [0.15, 0.2) is 24.3 Å². The molecule has 11 heteroatoms. The molecule has 2 rings (SSSR count). The van der Waals surface area contributed by atoms with Gasteiger partial charge in [0.05, 0.1) is 12.1 Å². The molecule has 0 aliphatic carbocycles. The van der Waals surface area contributed by atoms with Gasteiger partial charge in [0.2, 0.25) is 17.7 Å². The molecular weight excluding hydrogens is 408 g/mol. The number of rotatable bonds is 10. The van der Waals surface area contributed by atoms with Crippen molar-refractivity contribution in [2.24, 2.45) is 0 Å². The number of carboxylic acids is 1. The van der Waals surface area contributed by atoms with Crippen LogP contribution in [-0.4, -0.2) is 76.3 Å². The number of nitrogens with one attached hydrogen (secondary N) is 4. The summed E-state index contributed by atoms with van der Waals surface area (Å²) in [5.74, 6) is -3.16. The standard InChI is InChI=1S/C20H28N4O7/c1-11(25)17(20(31)22-10-16(27)28)24-19(30)15(9-12-4-6-13(26)7-5-12)23-18(29)14-3-2-8-21-14/h4-7,11,14-15,17,21,25-26H,2-3,8-10H2,1H3,(H,22,31)(H,23,29)(H,24,30)(H,27,28). The van der Waals surface area contributed by atoms with Crippen molar-refractivity contribution in [1.82, 2.24) is 21.3 Å². The number of benzene rings is 1. The quantitative estimate of drug-likeness (QED) is 0.225. The first-order valence-electron chi connectivity index (χ1n) is 9.97. The van der Waals surface area contributed by atoms with E-state index in [0.717, 1.165) is 6.42 Å². The molecule has 170 valence electrons. The Hall–Kier alpha value is -3.18. The molecule has 1 aliphatic heterocycles. The molecule has 1 aromatic carbocycles. The van der Waals surface area contributed by atoms with Crippen molar-refractivity contribution in [3.8, 4) is 5.75 Å². The molecule has 11 nitrogen and oxygen atoms in total. The van der Waals surface area contributed by atoms with E-state index in [4.69, 9.17) is 5.11 Å². The Labute approximate surface area is 179 Å². The van der Waals surface area contributed by atoms with Crippen LogP contribution in [-0.2, 0) is 25.6 Å². The van der Waals surface area contributed by atoms with E-state index in [1.807, 2.05) is 0 Å². The Morgan fingerprint density at radius 3 is 2.35 bits per heavy atom. The SMILES string of the molecule is CC(O)C(NC(=O)C(Cc1ccc(O)cc1)NC(=O)C1CCCN1)C(=O)NCC(=O)O. The summed E-state index contributed by atoms with van der Waals surface area (Å²) >= 11 is 0. The second-order valence-corrected chi connectivity index (χ2v) is 7.42. The molecule has 0 spiro atoms. The van der Waals surface area contributed by atoms with Crippen LogP contribution in [0.1, 0.15) is 25.3 Å². The van der Waals surface area contributed by atoms with Crippen molar-refractivity contribution in [3.05, 3.63) is 29.8 Å². The summed E-state index contributed by atoms with van der Waals surface area (Å²) in [5, 5.41) is 38.3. The van der Waals surface area contributed by atoms with Crippen molar-refractivity contribution >= 4 is 23.7 Å². The molecule has 4 atom stereocenters. The highest BCUT2D eigenvalue weighted by molar-refractivity contribution is 5.94. The maximum absolute atomic E-state index is 12.9. The Morgan fingerprint density at radius 1 is 1.13 bits per heavy atom. The summed E-state index contributed by atoms with van der Waals surface area (Å²) in [6.07, 6.45) is 0.237. The van der Waals surface area contributed by atoms with Gasteiger partial charge in [-0.25, -0.2) is 0 Å². The van der Waals surface area contributed by atoms with Crippen LogP contribution in [0.4, 0.5) is 0 Å². The number of amides is 3. The lowest BCUT2D eigenvalue weighted by molar-refractivity contribution is -0.139. The van der Waals surface area contributed by atoms with E-state index in [1.165, 1.54) is 19.1 Å². The number of aliphatic hydroxyl groups excluding tert-OH is 1. The highest BCUT2D eigenvalue weighted by atomic mass is 16.4. The fourth-order valence-corrected chi connectivity index (χ4v) is 3.19. The molecular formula is C20H28N4O7. The number of phenolic OH excluding ortho intramolecular Hbond substituents is 1. The van der Waals surface area contributed by atoms with Gasteiger partial charge in [0, 0.05) is 6.42 Å². The molecule has 0 saturated carbocycles. The fraction of sp³-hybridized carbons (Fsp3) is 0.500. The Balaban J connectivity index is 2.13. The number of hydrogen-bond acceptors (Lipinski definition) is 7. The fourth-order valence-electron chi connectivity index (χ4n) is 3.19. The predicted molar refractivity (Wildman–Crippen MR) is 109 cm³/mol. The van der Waals surface area contributed by atoms with E-state index in [0.29, 0.717) is 18.5 Å². The van der Waals surface area contributed by atoms with Gasteiger partial charge in [0.25, 0.3) is 0 Å². The molecule has 0 aromatic heterocycles. The topological polar surface area (TPSA) is 177 Å². The maximum atomic E-state index is 12.9. The number of aliphatic carboxylic acids is 1. The first-order valence-corrected chi connectivity index (χ1v) is 9.97. The van der Waals surface area contributed by atoms with Gasteiger partial charge < -0.3 is 36.6 Å². The number of carboxylic acid groups (broad SMARTS) is 1. The number of carbonyl (C=O) groups excluding carboxylic acids is 3. The molecule has 3 amide bonds. The summed E-state index contributed by atoms with van der Waals surface area (Å²) in [5.41, 5.74) is 0.654. The Morgan fingerprint density at radius 2 is 1.81 bits per heavy atom. The van der Waals surface area contributed by atoms with Crippen LogP contribution >= 0.6 is 0 Å². The lowest BCUT2D eigenvalue weighted by Crippen LogP contribution is -2.59. The van der Waals surface area contributed by atoms with Gasteiger partial charge in [0.1, 0.15) is 24.4 Å². The molecule has 4 unspecified atom stereocenters. The highest BCUT2D eigenvalue weighted by Crippen LogP contribution is 2.12. The molecule has 1 heterocycles. The van der Waals surface area contributed by atoms with E-state index < -0.39 is 48.6 Å². The smallest absolute Gasteiger partial charge is 0.322 e. The van der Waals surface area contributed by atoms with Crippen molar-refractivity contribution < 1.29 is 34.5 Å². The van der Waals surface area contributed by atoms with Gasteiger partial charge in [-0.1, -0.05) is 12.1 Å². The number of hydrogen-bond donors (Lipinski definition) is 7. The lowest BCUT2D eigenvalue weighted by Gasteiger charge is -2.25. The van der Waals surface area contributed by atoms with Crippen LogP contribution in [0.25, 0.3) is 0 Å². The first-order chi connectivity index (χ1) is 14.7. The number of aliphatic hydroxyl groups is 1. The average Bonchev–Trinajstić information content (AvgIpc) is 3.26. The first kappa shape index (κ1) is 24.1. The van der Waals surface area contributed by atoms with Crippen molar-refractivity contribution in [1.29, 1.82) is 0 Å². The highest BCUT2D eigenvalue weighted by Gasteiger charge is 2.32. The van der Waals surface area contributed by atoms with Gasteiger partial charge in [-0.3, -0.25) is 19.2 Å². The molecule has 1 fully saturated rings. The Bertz CT molecular complexity index is 791. The van der Waals surface area contributed by atoms with Gasteiger partial charge in [-0.2, -0.15) is 0 Å². The van der Waals surface area contributed by atoms with Crippen molar-refractivity contribution in [3.63, 3.8) is 0 Å². The van der Waals surface area contributed by atoms with Gasteiger partial charge in [-0.15, -0.1) is 0 Å². The predicted octanol–water partition coefficient (Wildman–Crippen LogP) is -1.76. The molecule has 0 radical (unpaired) electrons. The van der Waals surface area contributed by atoms with Crippen LogP contribution in [0.2, 0.25) is 0 Å². The van der Waals surface area contributed by atoms with E-state index in [-0.39, 0.29) is 18.1 Å². The monoisotopic (exact) mass is 436 g/mol. The lowest BCUT2D eigenvalue weighted by atomic mass is 10.0. The summed E-state index contributed by atoms with van der Waals surface area (Å²) in [7, 11) is 0. The molecule has 31 heavy (non-hydrogen) atoms. The van der Waals surface area contributed by atoms with Crippen LogP contribution in [0.3, 0.4) is 0 Å². The minimum Gasteiger partial charge on any atom is -0.508 e. The minimum atomic E-state index is -1.41. The van der Waals surface area contributed by atoms with Gasteiger partial charge in [-0.05, 0) is 44.0 Å². The normalized spacial score (nSPS) is 18.5. The van der Waals surface area contributed by atoms with Crippen LogP contribution < -0.4 is 21.3 Å². The molecule has 7 N–H and O–H groups in total. The second-order valence-electron chi connectivity index (χ2n) is 7.42. The molecule has 1 aliphatic rings. The van der Waals surface area contributed by atoms with Gasteiger partial charge >= 0.3 is 5.97 Å². The minimum absolute atomic E-state index is 0.0493. The number of phenols is 1. The van der Waals surface area contributed by atoms with Crippen LogP contribution in [0, 0.1) is 0 Å². The van der Waals surface area contributed by atoms with Gasteiger partial charge in [0.15, 0.2) is 0 Å². The number of aromatic hydroxyl groups is 1. The zero-order chi connectivity index (χ0) is 23.0. The van der Waals surface area contributed by atoms with E-state index in [2.05, 4.69) is 21.3 Å². The molecule has 0 bridgehead atoms. The Kier molecular flexibility index (Phi) is 8.76. The summed E-state index contributed by atoms with van der Waals surface area (Å²) < 4.78 is 0. The third kappa shape index (κ3) is 7.54. The molecule has 1 aromatic rings. The van der Waals surface area contributed by atoms with E-state index in [1.54, 1.807) is 12.1 Å². The van der Waals surface area contributed by atoms with Crippen molar-refractivity contribution in [2.45, 2.75) is 50.4 Å². The zero-order valence-corrected chi connectivity index (χ0v) is 17.1. The van der Waals surface area contributed by atoms with E-state index in [9.17, 15) is 29.4 Å². The van der Waals surface area contributed by atoms with E-state index >= 15 is 0 Å². The van der Waals surface area contributed by atoms with Crippen LogP contribution in [0.5, 0.6) is 5.75 Å². The summed E-state index contributed by atoms with van der Waals surface area (Å²) in [6.45, 7) is 1.31. The average molecular weight is 436 g/mol. The largest absolute Gasteiger partial charge is 0.508 e. The third-order valence-electron chi connectivity index (χ3n) is 4.86. The molecule has 1 saturated heterocycles.